The first-order valence-electron chi connectivity index (χ1n) is 6.86. The van der Waals surface area contributed by atoms with Gasteiger partial charge in [-0.15, -0.1) is 0 Å². The first kappa shape index (κ1) is 15.5. The van der Waals surface area contributed by atoms with E-state index in [4.69, 9.17) is 0 Å². The average molecular weight is 346 g/mol. The molecule has 20 heavy (non-hydrogen) atoms. The number of aliphatic hydroxyl groups excluding tert-OH is 1. The highest BCUT2D eigenvalue weighted by Gasteiger charge is 2.36. The SMILES string of the molecule is CCc1nn(CC)c(CN2CC(O)CC2C(=O)O)c1Br. The Labute approximate surface area is 126 Å². The molecular weight excluding hydrogens is 326 g/mol. The summed E-state index contributed by atoms with van der Waals surface area (Å²) in [7, 11) is 0. The van der Waals surface area contributed by atoms with E-state index >= 15 is 0 Å². The second-order valence-corrected chi connectivity index (χ2v) is 5.84. The lowest BCUT2D eigenvalue weighted by molar-refractivity contribution is -0.142. The highest BCUT2D eigenvalue weighted by atomic mass is 79.9. The fraction of sp³-hybridized carbons (Fsp3) is 0.692. The molecule has 1 fully saturated rings. The number of aromatic nitrogens is 2. The molecule has 6 nitrogen and oxygen atoms in total. The molecule has 0 spiro atoms. The maximum atomic E-state index is 11.3. The molecule has 1 aromatic rings. The monoisotopic (exact) mass is 345 g/mol. The fourth-order valence-electron chi connectivity index (χ4n) is 2.67. The molecule has 7 heteroatoms. The first-order chi connectivity index (χ1) is 9.47. The minimum absolute atomic E-state index is 0.286. The van der Waals surface area contributed by atoms with Crippen molar-refractivity contribution < 1.29 is 15.0 Å². The van der Waals surface area contributed by atoms with Crippen LogP contribution in [0.5, 0.6) is 0 Å². The molecule has 2 atom stereocenters. The van der Waals surface area contributed by atoms with Gasteiger partial charge in [0.2, 0.25) is 0 Å². The standard InChI is InChI=1S/C13H20BrN3O3/c1-3-9-12(14)11(17(4-2)15-9)7-16-6-8(18)5-10(16)13(19)20/h8,10,18H,3-7H2,1-2H3,(H,19,20). The van der Waals surface area contributed by atoms with Crippen LogP contribution in [0.25, 0.3) is 0 Å². The second kappa shape index (κ2) is 6.24. The Morgan fingerprint density at radius 2 is 2.20 bits per heavy atom. The van der Waals surface area contributed by atoms with E-state index in [2.05, 4.69) is 21.0 Å². The summed E-state index contributed by atoms with van der Waals surface area (Å²) in [6, 6.07) is -0.623. The fourth-order valence-corrected chi connectivity index (χ4v) is 3.36. The van der Waals surface area contributed by atoms with E-state index in [0.717, 1.165) is 28.8 Å². The predicted molar refractivity (Wildman–Crippen MR) is 77.4 cm³/mol. The van der Waals surface area contributed by atoms with Crippen molar-refractivity contribution in [2.24, 2.45) is 0 Å². The van der Waals surface area contributed by atoms with Crippen LogP contribution in [0.15, 0.2) is 4.47 Å². The smallest absolute Gasteiger partial charge is 0.321 e. The van der Waals surface area contributed by atoms with Crippen LogP contribution >= 0.6 is 15.9 Å². The van der Waals surface area contributed by atoms with Crippen LogP contribution in [0.1, 0.15) is 31.7 Å². The molecular formula is C13H20BrN3O3. The molecule has 0 aliphatic carbocycles. The molecule has 0 radical (unpaired) electrons. The Balaban J connectivity index is 2.25. The van der Waals surface area contributed by atoms with E-state index in [1.807, 2.05) is 18.5 Å². The first-order valence-corrected chi connectivity index (χ1v) is 7.66. The number of carboxylic acids is 1. The van der Waals surface area contributed by atoms with E-state index < -0.39 is 18.1 Å². The number of halogens is 1. The van der Waals surface area contributed by atoms with Crippen LogP contribution in [0, 0.1) is 0 Å². The number of aryl methyl sites for hydroxylation is 2. The van der Waals surface area contributed by atoms with Gasteiger partial charge in [-0.1, -0.05) is 6.92 Å². The minimum atomic E-state index is -0.879. The van der Waals surface area contributed by atoms with Gasteiger partial charge in [0.25, 0.3) is 0 Å². The van der Waals surface area contributed by atoms with Gasteiger partial charge >= 0.3 is 5.97 Å². The summed E-state index contributed by atoms with van der Waals surface area (Å²) in [6.45, 7) is 5.66. The van der Waals surface area contributed by atoms with E-state index in [1.165, 1.54) is 0 Å². The molecule has 0 aromatic carbocycles. The summed E-state index contributed by atoms with van der Waals surface area (Å²) in [5, 5.41) is 23.5. The van der Waals surface area contributed by atoms with Gasteiger partial charge in [-0.3, -0.25) is 14.4 Å². The van der Waals surface area contributed by atoms with Crippen LogP contribution in [0.2, 0.25) is 0 Å². The molecule has 2 heterocycles. The van der Waals surface area contributed by atoms with Crippen LogP contribution < -0.4 is 0 Å². The minimum Gasteiger partial charge on any atom is -0.480 e. The number of likely N-dealkylation sites (tertiary alicyclic amines) is 1. The number of carbonyl (C=O) groups is 1. The zero-order chi connectivity index (χ0) is 14.9. The zero-order valence-electron chi connectivity index (χ0n) is 11.7. The third-order valence-corrected chi connectivity index (χ3v) is 4.63. The maximum absolute atomic E-state index is 11.3. The van der Waals surface area contributed by atoms with Crippen LogP contribution in [-0.2, 0) is 24.3 Å². The average Bonchev–Trinajstić information content (AvgIpc) is 2.92. The Morgan fingerprint density at radius 3 is 2.75 bits per heavy atom. The van der Waals surface area contributed by atoms with Crippen LogP contribution in [0.4, 0.5) is 0 Å². The Morgan fingerprint density at radius 1 is 1.50 bits per heavy atom. The molecule has 0 amide bonds. The Hall–Kier alpha value is -0.920. The van der Waals surface area contributed by atoms with Gasteiger partial charge in [-0.25, -0.2) is 0 Å². The topological polar surface area (TPSA) is 78.6 Å². The van der Waals surface area contributed by atoms with E-state index in [-0.39, 0.29) is 6.42 Å². The molecule has 2 unspecified atom stereocenters. The third kappa shape index (κ3) is 2.89. The number of hydrogen-bond donors (Lipinski definition) is 2. The number of aliphatic hydroxyl groups is 1. The van der Waals surface area contributed by atoms with Gasteiger partial charge in [-0.05, 0) is 29.3 Å². The lowest BCUT2D eigenvalue weighted by atomic mass is 10.2. The summed E-state index contributed by atoms with van der Waals surface area (Å²) in [4.78, 5) is 13.1. The molecule has 112 valence electrons. The molecule has 1 saturated heterocycles. The van der Waals surface area contributed by atoms with Crippen molar-refractivity contribution in [2.45, 2.75) is 51.9 Å². The van der Waals surface area contributed by atoms with Crippen molar-refractivity contribution in [3.63, 3.8) is 0 Å². The van der Waals surface area contributed by atoms with Gasteiger partial charge in [0.15, 0.2) is 0 Å². The summed E-state index contributed by atoms with van der Waals surface area (Å²) >= 11 is 3.56. The van der Waals surface area contributed by atoms with Crippen molar-refractivity contribution >= 4 is 21.9 Å². The second-order valence-electron chi connectivity index (χ2n) is 5.05. The van der Waals surface area contributed by atoms with Crippen molar-refractivity contribution in [1.29, 1.82) is 0 Å². The van der Waals surface area contributed by atoms with Crippen molar-refractivity contribution in [1.82, 2.24) is 14.7 Å². The summed E-state index contributed by atoms with van der Waals surface area (Å²) in [5.41, 5.74) is 1.96. The predicted octanol–water partition coefficient (Wildman–Crippen LogP) is 1.25. The van der Waals surface area contributed by atoms with Crippen molar-refractivity contribution in [3.8, 4) is 0 Å². The van der Waals surface area contributed by atoms with E-state index in [1.54, 1.807) is 4.90 Å². The number of carboxylic acid groups (broad SMARTS) is 1. The summed E-state index contributed by atoms with van der Waals surface area (Å²) < 4.78 is 2.85. The number of rotatable bonds is 5. The quantitative estimate of drug-likeness (QED) is 0.839. The Kier molecular flexibility index (Phi) is 4.82. The number of β-amino-alcohol motifs (C(OH)–C–C–N with tert-alkyl or cyclic N) is 1. The number of aliphatic carboxylic acids is 1. The van der Waals surface area contributed by atoms with Gasteiger partial charge in [-0.2, -0.15) is 5.10 Å². The lowest BCUT2D eigenvalue weighted by Gasteiger charge is -2.21. The molecule has 2 N–H and O–H groups in total. The van der Waals surface area contributed by atoms with E-state index in [9.17, 15) is 15.0 Å². The molecule has 1 aromatic heterocycles. The van der Waals surface area contributed by atoms with Crippen LogP contribution in [-0.4, -0.2) is 49.6 Å². The normalized spacial score (nSPS) is 23.4. The van der Waals surface area contributed by atoms with E-state index in [0.29, 0.717) is 13.1 Å². The highest BCUT2D eigenvalue weighted by Crippen LogP contribution is 2.27. The van der Waals surface area contributed by atoms with Crippen LogP contribution in [0.3, 0.4) is 0 Å². The number of nitrogens with zero attached hydrogens (tertiary/aromatic N) is 3. The third-order valence-electron chi connectivity index (χ3n) is 3.71. The number of hydrogen-bond acceptors (Lipinski definition) is 4. The lowest BCUT2D eigenvalue weighted by Crippen LogP contribution is -2.36. The Bertz CT molecular complexity index is 503. The van der Waals surface area contributed by atoms with Gasteiger partial charge in [0, 0.05) is 26.1 Å². The molecule has 0 saturated carbocycles. The van der Waals surface area contributed by atoms with Crippen molar-refractivity contribution in [2.75, 3.05) is 6.54 Å². The summed E-state index contributed by atoms with van der Waals surface area (Å²) in [6.07, 6.45) is 0.540. The molecule has 0 bridgehead atoms. The van der Waals surface area contributed by atoms with Gasteiger partial charge in [0.05, 0.1) is 22.0 Å². The maximum Gasteiger partial charge on any atom is 0.321 e. The zero-order valence-corrected chi connectivity index (χ0v) is 13.3. The summed E-state index contributed by atoms with van der Waals surface area (Å²) in [5.74, 6) is -0.879. The highest BCUT2D eigenvalue weighted by molar-refractivity contribution is 9.10. The van der Waals surface area contributed by atoms with Crippen molar-refractivity contribution in [3.05, 3.63) is 15.9 Å². The van der Waals surface area contributed by atoms with Gasteiger partial charge < -0.3 is 10.2 Å². The molecule has 2 rings (SSSR count). The van der Waals surface area contributed by atoms with Gasteiger partial charge in [0.1, 0.15) is 6.04 Å². The molecule has 1 aliphatic rings. The molecule has 1 aliphatic heterocycles. The largest absolute Gasteiger partial charge is 0.480 e.